The summed E-state index contributed by atoms with van der Waals surface area (Å²) >= 11 is 12.2. The Morgan fingerprint density at radius 3 is 2.44 bits per heavy atom. The molecule has 0 unspecified atom stereocenters. The number of benzene rings is 2. The lowest BCUT2D eigenvalue weighted by Gasteiger charge is -2.17. The number of carbonyl (C=O) groups is 1. The highest BCUT2D eigenvalue weighted by molar-refractivity contribution is 6.32. The van der Waals surface area contributed by atoms with E-state index in [9.17, 15) is 14.4 Å². The van der Waals surface area contributed by atoms with Crippen LogP contribution in [0.5, 0.6) is 5.75 Å². The van der Waals surface area contributed by atoms with E-state index < -0.39 is 23.3 Å². The Kier molecular flexibility index (Phi) is 8.36. The van der Waals surface area contributed by atoms with E-state index in [0.717, 1.165) is 10.1 Å². The first-order chi connectivity index (χ1) is 16.2. The molecule has 180 valence electrons. The minimum atomic E-state index is -0.798. The number of nitrogens with zero attached hydrogens (tertiary/aromatic N) is 3. The lowest BCUT2D eigenvalue weighted by molar-refractivity contribution is -0.145. The van der Waals surface area contributed by atoms with Crippen molar-refractivity contribution < 1.29 is 14.3 Å². The molecule has 11 heteroatoms. The van der Waals surface area contributed by atoms with Gasteiger partial charge in [-0.05, 0) is 42.8 Å². The Morgan fingerprint density at radius 1 is 1.12 bits per heavy atom. The fraction of sp³-hybridized carbons (Fsp3) is 0.304. The largest absolute Gasteiger partial charge is 0.492 e. The molecule has 34 heavy (non-hydrogen) atoms. The molecular weight excluding hydrogens is 483 g/mol. The number of anilines is 2. The van der Waals surface area contributed by atoms with Crippen molar-refractivity contribution in [3.63, 3.8) is 0 Å². The van der Waals surface area contributed by atoms with E-state index in [1.165, 1.54) is 11.7 Å². The molecule has 9 nitrogen and oxygen atoms in total. The van der Waals surface area contributed by atoms with Gasteiger partial charge in [0.05, 0.1) is 31.2 Å². The van der Waals surface area contributed by atoms with Crippen molar-refractivity contribution in [2.45, 2.75) is 26.9 Å². The Hall–Kier alpha value is -3.30. The Labute approximate surface area is 205 Å². The molecule has 0 bridgehead atoms. The Morgan fingerprint density at radius 2 is 1.82 bits per heavy atom. The van der Waals surface area contributed by atoms with E-state index in [1.54, 1.807) is 49.4 Å². The summed E-state index contributed by atoms with van der Waals surface area (Å²) in [5, 5.41) is 3.90. The quantitative estimate of drug-likeness (QED) is 0.441. The van der Waals surface area contributed by atoms with E-state index in [1.807, 2.05) is 6.92 Å². The summed E-state index contributed by atoms with van der Waals surface area (Å²) in [6, 6.07) is 11.9. The van der Waals surface area contributed by atoms with Gasteiger partial charge in [-0.2, -0.15) is 4.98 Å². The van der Waals surface area contributed by atoms with Gasteiger partial charge >= 0.3 is 17.3 Å². The highest BCUT2D eigenvalue weighted by Crippen LogP contribution is 2.28. The summed E-state index contributed by atoms with van der Waals surface area (Å²) in [6.07, 6.45) is 0. The molecule has 0 saturated carbocycles. The van der Waals surface area contributed by atoms with Gasteiger partial charge in [0.15, 0.2) is 0 Å². The van der Waals surface area contributed by atoms with Crippen molar-refractivity contribution in [2.24, 2.45) is 5.92 Å². The van der Waals surface area contributed by atoms with E-state index in [4.69, 9.17) is 32.7 Å². The third kappa shape index (κ3) is 5.98. The summed E-state index contributed by atoms with van der Waals surface area (Å²) in [5.74, 6) is -0.729. The lowest BCUT2D eigenvalue weighted by atomic mass is 10.2. The van der Waals surface area contributed by atoms with Crippen molar-refractivity contribution in [1.29, 1.82) is 0 Å². The van der Waals surface area contributed by atoms with Crippen molar-refractivity contribution in [1.82, 2.24) is 14.1 Å². The van der Waals surface area contributed by atoms with Gasteiger partial charge in [-0.25, -0.2) is 14.2 Å². The zero-order valence-electron chi connectivity index (χ0n) is 18.9. The second-order valence-corrected chi connectivity index (χ2v) is 8.29. The third-order valence-electron chi connectivity index (χ3n) is 4.95. The van der Waals surface area contributed by atoms with Gasteiger partial charge in [-0.15, -0.1) is 0 Å². The highest BCUT2D eigenvalue weighted by Gasteiger charge is 2.20. The second-order valence-electron chi connectivity index (χ2n) is 7.45. The maximum absolute atomic E-state index is 13.3. The lowest BCUT2D eigenvalue weighted by Crippen LogP contribution is -2.44. The van der Waals surface area contributed by atoms with Crippen molar-refractivity contribution in [3.8, 4) is 5.75 Å². The number of nitrogens with one attached hydrogen (secondary N) is 1. The molecule has 1 atom stereocenters. The molecule has 1 N–H and O–H groups in total. The van der Waals surface area contributed by atoms with E-state index in [-0.39, 0.29) is 19.0 Å². The SMILES string of the molecule is CCOc1ccc(Nc2nc(=O)n(C[C@H](C)C(=O)OC)c(=O)n2Cc2ccc(Cl)cc2)cc1Cl. The molecule has 1 aromatic heterocycles. The molecule has 0 radical (unpaired) electrons. The van der Waals surface area contributed by atoms with Gasteiger partial charge in [0.2, 0.25) is 5.95 Å². The highest BCUT2D eigenvalue weighted by atomic mass is 35.5. The molecule has 0 fully saturated rings. The van der Waals surface area contributed by atoms with Crippen LogP contribution in [0.1, 0.15) is 19.4 Å². The van der Waals surface area contributed by atoms with Crippen LogP contribution in [0.25, 0.3) is 0 Å². The van der Waals surface area contributed by atoms with E-state index in [0.29, 0.717) is 28.1 Å². The van der Waals surface area contributed by atoms with Crippen LogP contribution in [0.15, 0.2) is 52.1 Å². The van der Waals surface area contributed by atoms with Gasteiger partial charge in [0.25, 0.3) is 0 Å². The number of ether oxygens (including phenoxy) is 2. The fourth-order valence-electron chi connectivity index (χ4n) is 3.23. The van der Waals surface area contributed by atoms with Gasteiger partial charge < -0.3 is 14.8 Å². The molecule has 1 heterocycles. The minimum absolute atomic E-state index is 0.0205. The zero-order valence-corrected chi connectivity index (χ0v) is 20.4. The molecule has 0 aliphatic rings. The van der Waals surface area contributed by atoms with Crippen LogP contribution in [0.4, 0.5) is 11.6 Å². The van der Waals surface area contributed by atoms with Gasteiger partial charge in [0.1, 0.15) is 5.75 Å². The van der Waals surface area contributed by atoms with Crippen molar-refractivity contribution in [3.05, 3.63) is 79.0 Å². The monoisotopic (exact) mass is 506 g/mol. The maximum Gasteiger partial charge on any atom is 0.354 e. The van der Waals surface area contributed by atoms with Crippen LogP contribution < -0.4 is 21.4 Å². The van der Waals surface area contributed by atoms with Gasteiger partial charge in [-0.1, -0.05) is 42.3 Å². The summed E-state index contributed by atoms with van der Waals surface area (Å²) in [5.41, 5.74) is -0.171. The van der Waals surface area contributed by atoms with Crippen LogP contribution in [0, 0.1) is 5.92 Å². The fourth-order valence-corrected chi connectivity index (χ4v) is 3.59. The molecule has 2 aromatic carbocycles. The molecule has 0 saturated heterocycles. The zero-order chi connectivity index (χ0) is 24.8. The number of rotatable bonds is 9. The molecule has 0 amide bonds. The average molecular weight is 507 g/mol. The summed E-state index contributed by atoms with van der Waals surface area (Å²) in [7, 11) is 1.24. The number of hydrogen-bond donors (Lipinski definition) is 1. The molecule has 3 rings (SSSR count). The predicted molar refractivity (Wildman–Crippen MR) is 130 cm³/mol. The van der Waals surface area contributed by atoms with E-state index in [2.05, 4.69) is 10.3 Å². The molecule has 0 spiro atoms. The predicted octanol–water partition coefficient (Wildman–Crippen LogP) is 3.71. The summed E-state index contributed by atoms with van der Waals surface area (Å²) in [4.78, 5) is 42.0. The average Bonchev–Trinajstić information content (AvgIpc) is 2.81. The summed E-state index contributed by atoms with van der Waals surface area (Å²) < 4.78 is 12.4. The van der Waals surface area contributed by atoms with Crippen LogP contribution in [0.2, 0.25) is 10.0 Å². The number of halogens is 2. The van der Waals surface area contributed by atoms with Crippen LogP contribution >= 0.6 is 23.2 Å². The maximum atomic E-state index is 13.3. The first-order valence-electron chi connectivity index (χ1n) is 10.5. The van der Waals surface area contributed by atoms with Crippen molar-refractivity contribution in [2.75, 3.05) is 19.0 Å². The van der Waals surface area contributed by atoms with Crippen LogP contribution in [-0.4, -0.2) is 33.8 Å². The van der Waals surface area contributed by atoms with Crippen LogP contribution in [-0.2, 0) is 22.6 Å². The standard InChI is InChI=1S/C23H24Cl2N4O5/c1-4-34-19-10-9-17(11-18(19)25)26-21-27-22(31)29(12-14(2)20(30)33-3)23(32)28(21)13-15-5-7-16(24)8-6-15/h5-11,14H,4,12-13H2,1-3H3,(H,26,27,31)/t14-/m0/s1. The van der Waals surface area contributed by atoms with Gasteiger partial charge in [0, 0.05) is 17.3 Å². The van der Waals surface area contributed by atoms with Crippen LogP contribution in [0.3, 0.4) is 0 Å². The number of hydrogen-bond acceptors (Lipinski definition) is 7. The molecule has 0 aliphatic heterocycles. The normalized spacial score (nSPS) is 11.7. The number of carbonyl (C=O) groups excluding carboxylic acids is 1. The molecular formula is C23H24Cl2N4O5. The van der Waals surface area contributed by atoms with Gasteiger partial charge in [-0.3, -0.25) is 9.36 Å². The Balaban J connectivity index is 2.06. The topological polar surface area (TPSA) is 104 Å². The summed E-state index contributed by atoms with van der Waals surface area (Å²) in [6.45, 7) is 3.79. The number of esters is 1. The van der Waals surface area contributed by atoms with E-state index >= 15 is 0 Å². The Bertz CT molecular complexity index is 1290. The molecule has 0 aliphatic carbocycles. The smallest absolute Gasteiger partial charge is 0.354 e. The molecule has 3 aromatic rings. The third-order valence-corrected chi connectivity index (χ3v) is 5.50. The first kappa shape index (κ1) is 25.3. The van der Waals surface area contributed by atoms with Crippen molar-refractivity contribution >= 4 is 40.8 Å². The second kappa shape index (κ2) is 11.2. The first-order valence-corrected chi connectivity index (χ1v) is 11.2. The number of methoxy groups -OCH3 is 1. The number of aromatic nitrogens is 3. The minimum Gasteiger partial charge on any atom is -0.492 e.